The molecule has 0 atom stereocenters. The highest BCUT2D eigenvalue weighted by atomic mass is 35.5. The first-order chi connectivity index (χ1) is 8.85. The maximum absolute atomic E-state index is 11.9. The van der Waals surface area contributed by atoms with Crippen LogP contribution in [0.15, 0.2) is 18.2 Å². The van der Waals surface area contributed by atoms with Gasteiger partial charge in [-0.25, -0.2) is 4.79 Å². The Morgan fingerprint density at radius 1 is 1.42 bits per heavy atom. The Balaban J connectivity index is 2.23. The maximum atomic E-state index is 11.9. The highest BCUT2D eigenvalue weighted by Crippen LogP contribution is 2.36. The van der Waals surface area contributed by atoms with E-state index in [1.165, 1.54) is 12.1 Å². The van der Waals surface area contributed by atoms with E-state index in [9.17, 15) is 19.7 Å². The Hall–Kier alpha value is -2.15. The number of carboxylic acids is 1. The van der Waals surface area contributed by atoms with Gasteiger partial charge in [0.15, 0.2) is 0 Å². The summed E-state index contributed by atoms with van der Waals surface area (Å²) in [4.78, 5) is 32.8. The summed E-state index contributed by atoms with van der Waals surface area (Å²) in [6.07, 6.45) is 0.702. The minimum atomic E-state index is -1.23. The number of nitrogens with one attached hydrogen (secondary N) is 1. The molecule has 0 spiro atoms. The molecule has 0 aromatic heterocycles. The number of halogens is 1. The molecular weight excluding hydrogens is 276 g/mol. The van der Waals surface area contributed by atoms with Crippen molar-refractivity contribution in [2.45, 2.75) is 18.4 Å². The Kier molecular flexibility index (Phi) is 3.15. The number of nitro benzene ring substituents is 1. The molecule has 1 amide bonds. The SMILES string of the molecule is O=C(NC1(C(=O)O)CC1)c1ccc(Cl)c([N+](=O)[O-])c1. The number of amides is 1. The fraction of sp³-hybridized carbons (Fsp3) is 0.273. The van der Waals surface area contributed by atoms with Crippen LogP contribution in [-0.2, 0) is 4.79 Å². The van der Waals surface area contributed by atoms with Crippen molar-refractivity contribution in [3.63, 3.8) is 0 Å². The van der Waals surface area contributed by atoms with E-state index in [2.05, 4.69) is 5.32 Å². The average Bonchev–Trinajstić information content (AvgIpc) is 3.10. The summed E-state index contributed by atoms with van der Waals surface area (Å²) < 4.78 is 0. The van der Waals surface area contributed by atoms with Gasteiger partial charge in [-0.15, -0.1) is 0 Å². The number of carbonyl (C=O) groups is 2. The van der Waals surface area contributed by atoms with Crippen LogP contribution in [-0.4, -0.2) is 27.4 Å². The van der Waals surface area contributed by atoms with Crippen LogP contribution in [0, 0.1) is 10.1 Å². The minimum Gasteiger partial charge on any atom is -0.480 e. The van der Waals surface area contributed by atoms with Gasteiger partial charge in [0.2, 0.25) is 0 Å². The second-order valence-electron chi connectivity index (χ2n) is 4.26. The monoisotopic (exact) mass is 284 g/mol. The van der Waals surface area contributed by atoms with Crippen LogP contribution in [0.4, 0.5) is 5.69 Å². The van der Waals surface area contributed by atoms with Crippen molar-refractivity contribution >= 4 is 29.2 Å². The summed E-state index contributed by atoms with van der Waals surface area (Å²) in [5.74, 6) is -1.77. The smallest absolute Gasteiger partial charge is 0.329 e. The molecule has 1 saturated carbocycles. The second-order valence-corrected chi connectivity index (χ2v) is 4.67. The van der Waals surface area contributed by atoms with Crippen LogP contribution >= 0.6 is 11.6 Å². The molecule has 2 rings (SSSR count). The van der Waals surface area contributed by atoms with Gasteiger partial charge in [-0.1, -0.05) is 11.6 Å². The van der Waals surface area contributed by atoms with Crippen LogP contribution < -0.4 is 5.32 Å². The Bertz CT molecular complexity index is 582. The third-order valence-electron chi connectivity index (χ3n) is 2.92. The summed E-state index contributed by atoms with van der Waals surface area (Å²) >= 11 is 5.62. The van der Waals surface area contributed by atoms with Gasteiger partial charge in [0.25, 0.3) is 11.6 Å². The third kappa shape index (κ3) is 2.50. The predicted octanol–water partition coefficient (Wildman–Crippen LogP) is 1.60. The zero-order valence-electron chi connectivity index (χ0n) is 9.55. The molecule has 0 unspecified atom stereocenters. The van der Waals surface area contributed by atoms with Crippen molar-refractivity contribution in [1.82, 2.24) is 5.32 Å². The predicted molar refractivity (Wildman–Crippen MR) is 65.2 cm³/mol. The number of nitro groups is 1. The molecule has 1 fully saturated rings. The first kappa shape index (κ1) is 13.3. The van der Waals surface area contributed by atoms with Crippen LogP contribution in [0.25, 0.3) is 0 Å². The lowest BCUT2D eigenvalue weighted by Crippen LogP contribution is -2.43. The first-order valence-electron chi connectivity index (χ1n) is 5.35. The van der Waals surface area contributed by atoms with E-state index in [0.29, 0.717) is 12.8 Å². The van der Waals surface area contributed by atoms with Crippen LogP contribution in [0.3, 0.4) is 0 Å². The largest absolute Gasteiger partial charge is 0.480 e. The molecule has 0 bridgehead atoms. The van der Waals surface area contributed by atoms with E-state index >= 15 is 0 Å². The number of aliphatic carboxylic acids is 1. The quantitative estimate of drug-likeness (QED) is 0.644. The van der Waals surface area contributed by atoms with Gasteiger partial charge in [0, 0.05) is 11.6 Å². The lowest BCUT2D eigenvalue weighted by Gasteiger charge is -2.12. The van der Waals surface area contributed by atoms with Crippen molar-refractivity contribution in [1.29, 1.82) is 0 Å². The molecular formula is C11H9ClN2O5. The van der Waals surface area contributed by atoms with E-state index in [1.807, 2.05) is 0 Å². The molecule has 2 N–H and O–H groups in total. The molecule has 100 valence electrons. The zero-order chi connectivity index (χ0) is 14.2. The van der Waals surface area contributed by atoms with Crippen molar-refractivity contribution in [3.05, 3.63) is 38.9 Å². The zero-order valence-corrected chi connectivity index (χ0v) is 10.3. The Labute approximate surface area is 112 Å². The number of benzene rings is 1. The second kappa shape index (κ2) is 4.51. The van der Waals surface area contributed by atoms with E-state index in [4.69, 9.17) is 16.7 Å². The van der Waals surface area contributed by atoms with Crippen molar-refractivity contribution < 1.29 is 19.6 Å². The Morgan fingerprint density at radius 2 is 2.05 bits per heavy atom. The molecule has 1 aromatic rings. The van der Waals surface area contributed by atoms with Gasteiger partial charge >= 0.3 is 5.97 Å². The summed E-state index contributed by atoms with van der Waals surface area (Å²) in [6, 6.07) is 3.56. The number of rotatable bonds is 4. The van der Waals surface area contributed by atoms with Crippen LogP contribution in [0.2, 0.25) is 5.02 Å². The van der Waals surface area contributed by atoms with Gasteiger partial charge in [0.1, 0.15) is 10.6 Å². The minimum absolute atomic E-state index is 0.00336. The molecule has 0 radical (unpaired) electrons. The van der Waals surface area contributed by atoms with Crippen LogP contribution in [0.1, 0.15) is 23.2 Å². The topological polar surface area (TPSA) is 110 Å². The lowest BCUT2D eigenvalue weighted by atomic mass is 10.1. The number of carboxylic acid groups (broad SMARTS) is 1. The number of hydrogen-bond donors (Lipinski definition) is 2. The van der Waals surface area contributed by atoms with E-state index in [0.717, 1.165) is 6.07 Å². The molecule has 7 nitrogen and oxygen atoms in total. The fourth-order valence-electron chi connectivity index (χ4n) is 1.60. The molecule has 0 heterocycles. The average molecular weight is 285 g/mol. The highest BCUT2D eigenvalue weighted by Gasteiger charge is 2.51. The molecule has 8 heteroatoms. The molecule has 0 saturated heterocycles. The van der Waals surface area contributed by atoms with E-state index in [-0.39, 0.29) is 10.6 Å². The Morgan fingerprint density at radius 3 is 2.53 bits per heavy atom. The number of carbonyl (C=O) groups excluding carboxylic acids is 1. The van der Waals surface area contributed by atoms with Crippen molar-refractivity contribution in [2.75, 3.05) is 0 Å². The van der Waals surface area contributed by atoms with Crippen molar-refractivity contribution in [3.8, 4) is 0 Å². The first-order valence-corrected chi connectivity index (χ1v) is 5.73. The third-order valence-corrected chi connectivity index (χ3v) is 3.24. The highest BCUT2D eigenvalue weighted by molar-refractivity contribution is 6.32. The molecule has 19 heavy (non-hydrogen) atoms. The van der Waals surface area contributed by atoms with Gasteiger partial charge in [-0.05, 0) is 25.0 Å². The lowest BCUT2D eigenvalue weighted by molar-refractivity contribution is -0.384. The summed E-state index contributed by atoms with van der Waals surface area (Å²) in [5, 5.41) is 21.9. The standard InChI is InChI=1S/C11H9ClN2O5/c12-7-2-1-6(5-8(7)14(18)19)9(15)13-11(3-4-11)10(16)17/h1-2,5H,3-4H2,(H,13,15)(H,16,17). The maximum Gasteiger partial charge on any atom is 0.329 e. The van der Waals surface area contributed by atoms with Gasteiger partial charge < -0.3 is 10.4 Å². The van der Waals surface area contributed by atoms with Gasteiger partial charge in [0.05, 0.1) is 4.92 Å². The number of hydrogen-bond acceptors (Lipinski definition) is 4. The normalized spacial score (nSPS) is 15.6. The molecule has 1 aliphatic rings. The summed E-state index contributed by atoms with van der Waals surface area (Å²) in [6.45, 7) is 0. The van der Waals surface area contributed by atoms with Crippen LogP contribution in [0.5, 0.6) is 0 Å². The molecule has 1 aromatic carbocycles. The summed E-state index contributed by atoms with van der Waals surface area (Å²) in [7, 11) is 0. The van der Waals surface area contributed by atoms with Gasteiger partial charge in [-0.3, -0.25) is 14.9 Å². The van der Waals surface area contributed by atoms with Gasteiger partial charge in [-0.2, -0.15) is 0 Å². The van der Waals surface area contributed by atoms with E-state index < -0.39 is 28.0 Å². The molecule has 0 aliphatic heterocycles. The summed E-state index contributed by atoms with van der Waals surface area (Å²) in [5.41, 5.74) is -1.62. The molecule has 1 aliphatic carbocycles. The fourth-order valence-corrected chi connectivity index (χ4v) is 1.79. The van der Waals surface area contributed by atoms with Crippen molar-refractivity contribution in [2.24, 2.45) is 0 Å². The number of nitrogens with zero attached hydrogens (tertiary/aromatic N) is 1. The van der Waals surface area contributed by atoms with E-state index in [1.54, 1.807) is 0 Å².